The maximum Gasteiger partial charge on any atom is 0.240 e. The van der Waals surface area contributed by atoms with Crippen molar-refractivity contribution in [3.05, 3.63) is 0 Å². The lowest BCUT2D eigenvalue weighted by atomic mass is 10.0. The Bertz CT molecular complexity index is 396. The number of hydrazine groups is 1. The average molecular weight is 338 g/mol. The number of hydrogen-bond donors (Lipinski definition) is 1. The van der Waals surface area contributed by atoms with Gasteiger partial charge < -0.3 is 9.80 Å². The van der Waals surface area contributed by atoms with Crippen LogP contribution in [0.5, 0.6) is 0 Å². The monoisotopic (exact) mass is 337 g/mol. The highest BCUT2D eigenvalue weighted by atomic mass is 16.2. The summed E-state index contributed by atoms with van der Waals surface area (Å²) in [5, 5.41) is 2.24. The first-order valence-corrected chi connectivity index (χ1v) is 9.86. The molecule has 3 aliphatic heterocycles. The van der Waals surface area contributed by atoms with Crippen LogP contribution in [0.3, 0.4) is 0 Å². The van der Waals surface area contributed by atoms with Gasteiger partial charge in [-0.2, -0.15) is 0 Å². The summed E-state index contributed by atoms with van der Waals surface area (Å²) in [6, 6.07) is 0.625. The molecule has 0 radical (unpaired) electrons. The van der Waals surface area contributed by atoms with Gasteiger partial charge in [-0.25, -0.2) is 10.4 Å². The van der Waals surface area contributed by atoms with Gasteiger partial charge in [-0.1, -0.05) is 6.42 Å². The summed E-state index contributed by atoms with van der Waals surface area (Å²) in [5.74, 6) is 0.267. The van der Waals surface area contributed by atoms with Gasteiger partial charge in [0.2, 0.25) is 5.91 Å². The molecule has 0 saturated carbocycles. The van der Waals surface area contributed by atoms with Gasteiger partial charge >= 0.3 is 0 Å². The molecule has 3 rings (SSSR count). The lowest BCUT2D eigenvalue weighted by Gasteiger charge is -2.43. The quantitative estimate of drug-likeness (QED) is 0.814. The van der Waals surface area contributed by atoms with E-state index in [-0.39, 0.29) is 11.9 Å². The van der Waals surface area contributed by atoms with Gasteiger partial charge in [-0.15, -0.1) is 0 Å². The molecule has 0 aliphatic carbocycles. The molecule has 0 spiro atoms. The van der Waals surface area contributed by atoms with E-state index in [0.29, 0.717) is 0 Å². The molecule has 3 heterocycles. The van der Waals surface area contributed by atoms with Crippen molar-refractivity contribution in [2.24, 2.45) is 0 Å². The third kappa shape index (κ3) is 4.69. The molecule has 0 aromatic heterocycles. The van der Waals surface area contributed by atoms with Crippen molar-refractivity contribution in [3.8, 4) is 0 Å². The van der Waals surface area contributed by atoms with Crippen LogP contribution in [0.4, 0.5) is 0 Å². The molecule has 1 amide bonds. The van der Waals surface area contributed by atoms with Crippen molar-refractivity contribution in [2.45, 2.75) is 51.1 Å². The Kier molecular flexibility index (Phi) is 6.49. The van der Waals surface area contributed by atoms with E-state index in [1.165, 1.54) is 45.2 Å². The molecule has 6 heteroatoms. The second-order valence-electron chi connectivity index (χ2n) is 7.79. The molecule has 24 heavy (non-hydrogen) atoms. The van der Waals surface area contributed by atoms with Crippen LogP contribution in [0.1, 0.15) is 39.0 Å². The highest BCUT2D eigenvalue weighted by Gasteiger charge is 2.30. The zero-order chi connectivity index (χ0) is 16.9. The molecular formula is C18H35N5O. The molecule has 138 valence electrons. The molecular weight excluding hydrogens is 302 g/mol. The summed E-state index contributed by atoms with van der Waals surface area (Å²) in [7, 11) is 2.21. The first-order valence-electron chi connectivity index (χ1n) is 9.86. The van der Waals surface area contributed by atoms with Crippen LogP contribution in [0.2, 0.25) is 0 Å². The predicted octanol–water partition coefficient (Wildman–Crippen LogP) is 0.604. The Labute approximate surface area is 147 Å². The van der Waals surface area contributed by atoms with E-state index in [9.17, 15) is 4.79 Å². The van der Waals surface area contributed by atoms with Gasteiger partial charge in [0.15, 0.2) is 0 Å². The SMILES string of the molecule is C[C@@H](NN1CCCCC1)C(=O)N1CCN(C2CCN(C)CC2)CC1. The van der Waals surface area contributed by atoms with E-state index >= 15 is 0 Å². The normalized spacial score (nSPS) is 27.3. The maximum absolute atomic E-state index is 12.7. The summed E-state index contributed by atoms with van der Waals surface area (Å²) in [4.78, 5) is 19.8. The number of hydrogen-bond acceptors (Lipinski definition) is 5. The smallest absolute Gasteiger partial charge is 0.240 e. The first-order chi connectivity index (χ1) is 11.6. The Morgan fingerprint density at radius 2 is 1.54 bits per heavy atom. The summed E-state index contributed by atoms with van der Waals surface area (Å²) in [6.07, 6.45) is 6.35. The highest BCUT2D eigenvalue weighted by molar-refractivity contribution is 5.81. The number of rotatable bonds is 4. The minimum atomic E-state index is -0.0991. The molecule has 0 bridgehead atoms. The third-order valence-electron chi connectivity index (χ3n) is 5.93. The largest absolute Gasteiger partial charge is 0.339 e. The van der Waals surface area contributed by atoms with Gasteiger partial charge in [-0.3, -0.25) is 9.69 Å². The molecule has 3 saturated heterocycles. The van der Waals surface area contributed by atoms with Crippen LogP contribution < -0.4 is 5.43 Å². The van der Waals surface area contributed by atoms with E-state index in [2.05, 4.69) is 32.2 Å². The number of piperidine rings is 2. The zero-order valence-electron chi connectivity index (χ0n) is 15.5. The second kappa shape index (κ2) is 8.61. The summed E-state index contributed by atoms with van der Waals surface area (Å²) >= 11 is 0. The lowest BCUT2D eigenvalue weighted by molar-refractivity contribution is -0.136. The van der Waals surface area contributed by atoms with Gasteiger partial charge in [0.1, 0.15) is 0 Å². The third-order valence-corrected chi connectivity index (χ3v) is 5.93. The molecule has 0 unspecified atom stereocenters. The maximum atomic E-state index is 12.7. The number of piperazine rings is 1. The molecule has 1 N–H and O–H groups in total. The molecule has 0 aromatic rings. The topological polar surface area (TPSA) is 42.1 Å². The average Bonchev–Trinajstić information content (AvgIpc) is 2.63. The minimum absolute atomic E-state index is 0.0991. The number of amides is 1. The molecule has 6 nitrogen and oxygen atoms in total. The minimum Gasteiger partial charge on any atom is -0.339 e. The number of nitrogens with one attached hydrogen (secondary N) is 1. The van der Waals surface area contributed by atoms with Crippen LogP contribution >= 0.6 is 0 Å². The van der Waals surface area contributed by atoms with Crippen LogP contribution in [-0.4, -0.2) is 97.1 Å². The fourth-order valence-electron chi connectivity index (χ4n) is 4.29. The van der Waals surface area contributed by atoms with Gasteiger partial charge in [-0.05, 0) is 52.7 Å². The summed E-state index contributed by atoms with van der Waals surface area (Å²) < 4.78 is 0. The van der Waals surface area contributed by atoms with E-state index in [4.69, 9.17) is 0 Å². The number of carbonyl (C=O) groups is 1. The molecule has 0 aromatic carbocycles. The van der Waals surface area contributed by atoms with E-state index in [0.717, 1.165) is 45.3 Å². The Morgan fingerprint density at radius 3 is 2.17 bits per heavy atom. The van der Waals surface area contributed by atoms with Crippen molar-refractivity contribution in [1.29, 1.82) is 0 Å². The first kappa shape index (κ1) is 18.1. The van der Waals surface area contributed by atoms with Crippen molar-refractivity contribution in [1.82, 2.24) is 25.1 Å². The van der Waals surface area contributed by atoms with Gasteiger partial charge in [0, 0.05) is 45.3 Å². The van der Waals surface area contributed by atoms with Crippen molar-refractivity contribution in [3.63, 3.8) is 0 Å². The summed E-state index contributed by atoms with van der Waals surface area (Å²) in [5.41, 5.74) is 3.42. The van der Waals surface area contributed by atoms with E-state index in [1.807, 2.05) is 6.92 Å². The Hall–Kier alpha value is -0.690. The second-order valence-corrected chi connectivity index (χ2v) is 7.79. The van der Waals surface area contributed by atoms with E-state index < -0.39 is 0 Å². The summed E-state index contributed by atoms with van der Waals surface area (Å²) in [6.45, 7) is 10.4. The van der Waals surface area contributed by atoms with Crippen molar-refractivity contribution >= 4 is 5.91 Å². The standard InChI is InChI=1S/C18H35N5O/c1-16(19-23-8-4-3-5-9-23)18(24)22-14-12-21(13-15-22)17-6-10-20(2)11-7-17/h16-17,19H,3-15H2,1-2H3/t16-/m1/s1. The predicted molar refractivity (Wildman–Crippen MR) is 96.7 cm³/mol. The van der Waals surface area contributed by atoms with Crippen LogP contribution in [0.25, 0.3) is 0 Å². The Morgan fingerprint density at radius 1 is 0.917 bits per heavy atom. The number of likely N-dealkylation sites (tertiary alicyclic amines) is 1. The fourth-order valence-corrected chi connectivity index (χ4v) is 4.29. The lowest BCUT2D eigenvalue weighted by Crippen LogP contribution is -2.58. The van der Waals surface area contributed by atoms with E-state index in [1.54, 1.807) is 0 Å². The zero-order valence-corrected chi connectivity index (χ0v) is 15.5. The molecule has 1 atom stereocenters. The molecule has 3 aliphatic rings. The molecule has 3 fully saturated rings. The van der Waals surface area contributed by atoms with Gasteiger partial charge in [0.05, 0.1) is 6.04 Å². The van der Waals surface area contributed by atoms with Crippen molar-refractivity contribution < 1.29 is 4.79 Å². The Balaban J connectivity index is 1.41. The van der Waals surface area contributed by atoms with Crippen LogP contribution in [0, 0.1) is 0 Å². The highest BCUT2D eigenvalue weighted by Crippen LogP contribution is 2.18. The number of carbonyl (C=O) groups excluding carboxylic acids is 1. The van der Waals surface area contributed by atoms with Crippen molar-refractivity contribution in [2.75, 3.05) is 59.4 Å². The van der Waals surface area contributed by atoms with Crippen LogP contribution in [0.15, 0.2) is 0 Å². The number of nitrogens with zero attached hydrogens (tertiary/aromatic N) is 4. The fraction of sp³-hybridized carbons (Fsp3) is 0.944. The van der Waals surface area contributed by atoms with Crippen LogP contribution in [-0.2, 0) is 4.79 Å². The van der Waals surface area contributed by atoms with Gasteiger partial charge in [0.25, 0.3) is 0 Å².